The molecule has 1 saturated heterocycles. The second kappa shape index (κ2) is 14.6. The van der Waals surface area contributed by atoms with Gasteiger partial charge >= 0.3 is 17.9 Å². The summed E-state index contributed by atoms with van der Waals surface area (Å²) in [6.07, 6.45) is 2.80. The highest BCUT2D eigenvalue weighted by molar-refractivity contribution is 5.88. The highest BCUT2D eigenvalue weighted by Crippen LogP contribution is 2.38. The molecule has 0 bridgehead atoms. The van der Waals surface area contributed by atoms with E-state index < -0.39 is 36.4 Å². The van der Waals surface area contributed by atoms with Crippen molar-refractivity contribution in [3.8, 4) is 17.2 Å². The molecule has 0 aromatic heterocycles. The van der Waals surface area contributed by atoms with E-state index in [1.165, 1.54) is 37.9 Å². The van der Waals surface area contributed by atoms with Crippen molar-refractivity contribution in [1.29, 1.82) is 0 Å². The number of hydrogen-bond donors (Lipinski definition) is 4. The third-order valence-electron chi connectivity index (χ3n) is 5.99. The molecule has 0 spiro atoms. The van der Waals surface area contributed by atoms with Crippen LogP contribution in [0.2, 0.25) is 0 Å². The van der Waals surface area contributed by atoms with Crippen LogP contribution in [0, 0.1) is 0 Å². The van der Waals surface area contributed by atoms with Crippen LogP contribution in [0.1, 0.15) is 51.0 Å². The number of hydrogen-bond acceptors (Lipinski definition) is 9. The van der Waals surface area contributed by atoms with Crippen LogP contribution < -0.4 is 14.2 Å². The fourth-order valence-electron chi connectivity index (χ4n) is 4.01. The zero-order valence-electron chi connectivity index (χ0n) is 21.5. The molecule has 0 radical (unpaired) electrons. The molecule has 2 heterocycles. The minimum absolute atomic E-state index is 0.302. The Morgan fingerprint density at radius 2 is 1.62 bits per heavy atom. The molecular formula is C25H38N2O10. The lowest BCUT2D eigenvalue weighted by molar-refractivity contribution is -0.170. The highest BCUT2D eigenvalue weighted by atomic mass is 16.7. The molecule has 1 aromatic rings. The maximum Gasteiger partial charge on any atom is 0.336 e. The second-order valence-electron chi connectivity index (χ2n) is 9.28. The van der Waals surface area contributed by atoms with Crippen molar-refractivity contribution >= 4 is 17.9 Å². The monoisotopic (exact) mass is 526 g/mol. The summed E-state index contributed by atoms with van der Waals surface area (Å²) in [6.45, 7) is 8.74. The van der Waals surface area contributed by atoms with Crippen LogP contribution in [0.25, 0.3) is 0 Å². The number of carbonyl (C=O) groups is 3. The fraction of sp³-hybridized carbons (Fsp3) is 0.640. The molecule has 2 aliphatic rings. The maximum absolute atomic E-state index is 10.3. The lowest BCUT2D eigenvalue weighted by atomic mass is 9.96. The molecule has 12 nitrogen and oxygen atoms in total. The minimum atomic E-state index is -2.74. The van der Waals surface area contributed by atoms with Crippen LogP contribution >= 0.6 is 0 Å². The van der Waals surface area contributed by atoms with Gasteiger partial charge in [-0.3, -0.25) is 9.59 Å². The second-order valence-corrected chi connectivity index (χ2v) is 9.28. The predicted molar refractivity (Wildman–Crippen MR) is 132 cm³/mol. The van der Waals surface area contributed by atoms with E-state index >= 15 is 0 Å². The maximum atomic E-state index is 10.3. The van der Waals surface area contributed by atoms with Gasteiger partial charge in [-0.05, 0) is 45.5 Å². The van der Waals surface area contributed by atoms with Crippen molar-refractivity contribution in [1.82, 2.24) is 9.80 Å². The van der Waals surface area contributed by atoms with E-state index in [0.29, 0.717) is 6.79 Å². The normalized spacial score (nSPS) is 15.1. The number of fused-ring (bicyclic) bond motifs is 1. The molecule has 37 heavy (non-hydrogen) atoms. The fourth-order valence-corrected chi connectivity index (χ4v) is 4.01. The summed E-state index contributed by atoms with van der Waals surface area (Å²) < 4.78 is 16.9. The molecular weight excluding hydrogens is 488 g/mol. The zero-order valence-corrected chi connectivity index (χ0v) is 21.5. The number of benzene rings is 1. The van der Waals surface area contributed by atoms with E-state index in [2.05, 4.69) is 29.8 Å². The lowest BCUT2D eigenvalue weighted by Crippen LogP contribution is -2.42. The molecule has 0 amide bonds. The van der Waals surface area contributed by atoms with Crippen LogP contribution in [-0.4, -0.2) is 100 Å². The first-order chi connectivity index (χ1) is 17.5. The quantitative estimate of drug-likeness (QED) is 0.295. The van der Waals surface area contributed by atoms with Gasteiger partial charge in [0.15, 0.2) is 17.1 Å². The van der Waals surface area contributed by atoms with E-state index in [9.17, 15) is 14.4 Å². The van der Waals surface area contributed by atoms with Gasteiger partial charge in [-0.15, -0.1) is 0 Å². The van der Waals surface area contributed by atoms with E-state index in [0.717, 1.165) is 49.9 Å². The number of aliphatic hydroxyl groups is 1. The molecule has 0 atom stereocenters. The third kappa shape index (κ3) is 10.1. The van der Waals surface area contributed by atoms with Gasteiger partial charge in [0.05, 0.1) is 19.4 Å². The number of aliphatic carboxylic acids is 3. The average molecular weight is 527 g/mol. The van der Waals surface area contributed by atoms with Crippen molar-refractivity contribution in [3.05, 3.63) is 17.7 Å². The first kappa shape index (κ1) is 30.1. The Hall–Kier alpha value is -3.09. The number of nitrogens with zero attached hydrogens (tertiary/aromatic N) is 2. The summed E-state index contributed by atoms with van der Waals surface area (Å²) in [7, 11) is 2.18. The van der Waals surface area contributed by atoms with Crippen LogP contribution in [0.3, 0.4) is 0 Å². The van der Waals surface area contributed by atoms with Crippen LogP contribution in [0.4, 0.5) is 0 Å². The Labute approximate surface area is 216 Å². The molecule has 12 heteroatoms. The number of likely N-dealkylation sites (tertiary alicyclic amines) is 1. The number of carboxylic acid groups (broad SMARTS) is 3. The average Bonchev–Trinajstić information content (AvgIpc) is 3.28. The summed E-state index contributed by atoms with van der Waals surface area (Å²) in [5.41, 5.74) is -1.56. The summed E-state index contributed by atoms with van der Waals surface area (Å²) in [4.78, 5) is 35.4. The van der Waals surface area contributed by atoms with Crippen LogP contribution in [-0.2, 0) is 20.9 Å². The Balaban J connectivity index is 0.000000317. The van der Waals surface area contributed by atoms with Crippen LogP contribution in [0.15, 0.2) is 12.1 Å². The van der Waals surface area contributed by atoms with Gasteiger partial charge < -0.3 is 44.4 Å². The van der Waals surface area contributed by atoms with Crippen molar-refractivity contribution in [2.45, 2.75) is 57.6 Å². The number of rotatable bonds is 13. The van der Waals surface area contributed by atoms with Crippen LogP contribution in [0.5, 0.6) is 17.2 Å². The zero-order chi connectivity index (χ0) is 27.4. The smallest absolute Gasteiger partial charge is 0.336 e. The Bertz CT molecular complexity index is 901. The van der Waals surface area contributed by atoms with Gasteiger partial charge in [-0.1, -0.05) is 13.3 Å². The molecule has 0 unspecified atom stereocenters. The van der Waals surface area contributed by atoms with Gasteiger partial charge in [0, 0.05) is 31.3 Å². The first-order valence-electron chi connectivity index (χ1n) is 12.4. The third-order valence-corrected chi connectivity index (χ3v) is 5.99. The Morgan fingerprint density at radius 3 is 2.16 bits per heavy atom. The SMILES string of the molecule is CCCOc1cc2c(cc1CN(C)CCN1CCCCC1)OCO2.O=C(O)CC(O)(CC(=O)O)C(=O)O. The van der Waals surface area contributed by atoms with Gasteiger partial charge in [0.25, 0.3) is 0 Å². The van der Waals surface area contributed by atoms with Gasteiger partial charge in [0.2, 0.25) is 6.79 Å². The summed E-state index contributed by atoms with van der Waals surface area (Å²) >= 11 is 0. The van der Waals surface area contributed by atoms with Gasteiger partial charge in [-0.25, -0.2) is 4.79 Å². The number of carboxylic acids is 3. The van der Waals surface area contributed by atoms with Gasteiger partial charge in [0.1, 0.15) is 5.75 Å². The minimum Gasteiger partial charge on any atom is -0.493 e. The topological polar surface area (TPSA) is 166 Å². The largest absolute Gasteiger partial charge is 0.493 e. The first-order valence-corrected chi connectivity index (χ1v) is 12.4. The van der Waals surface area contributed by atoms with Crippen molar-refractivity contribution in [2.24, 2.45) is 0 Å². The summed E-state index contributed by atoms with van der Waals surface area (Å²) in [5.74, 6) is -2.47. The molecule has 4 N–H and O–H groups in total. The van der Waals surface area contributed by atoms with E-state index in [4.69, 9.17) is 34.6 Å². The standard InChI is InChI=1S/C19H30N2O3.C6H8O7/c1-3-11-22-17-13-19-18(23-15-24-19)12-16(17)14-20(2)9-10-21-7-5-4-6-8-21;7-3(8)1-6(13,5(11)12)2-4(9)10/h12-13H,3-11,14-15H2,1-2H3;13H,1-2H2,(H,7,8)(H,9,10)(H,11,12). The number of piperidine rings is 1. The van der Waals surface area contributed by atoms with Gasteiger partial charge in [-0.2, -0.15) is 0 Å². The van der Waals surface area contributed by atoms with Crippen molar-refractivity contribution in [2.75, 3.05) is 46.6 Å². The van der Waals surface area contributed by atoms with E-state index in [1.807, 2.05) is 6.07 Å². The summed E-state index contributed by atoms with van der Waals surface area (Å²) in [6, 6.07) is 4.05. The molecule has 1 aromatic carbocycles. The molecule has 0 aliphatic carbocycles. The lowest BCUT2D eigenvalue weighted by Gasteiger charge is -2.28. The molecule has 3 rings (SSSR count). The van der Waals surface area contributed by atoms with E-state index in [1.54, 1.807) is 0 Å². The number of likely N-dealkylation sites (N-methyl/N-ethyl adjacent to an activating group) is 1. The molecule has 2 aliphatic heterocycles. The number of ether oxygens (including phenoxy) is 3. The van der Waals surface area contributed by atoms with Crippen molar-refractivity contribution < 1.29 is 49.0 Å². The van der Waals surface area contributed by atoms with E-state index in [-0.39, 0.29) is 0 Å². The molecule has 208 valence electrons. The molecule has 0 saturated carbocycles. The Kier molecular flexibility index (Phi) is 11.9. The molecule has 1 fully saturated rings. The van der Waals surface area contributed by atoms with Crippen molar-refractivity contribution in [3.63, 3.8) is 0 Å². The highest BCUT2D eigenvalue weighted by Gasteiger charge is 2.40. The summed E-state index contributed by atoms with van der Waals surface area (Å²) in [5, 5.41) is 33.8. The Morgan fingerprint density at radius 1 is 1.03 bits per heavy atom. The predicted octanol–water partition coefficient (Wildman–Crippen LogP) is 1.87.